The molecule has 2 heteroatoms. The first kappa shape index (κ1) is 10.2. The average Bonchev–Trinajstić information content (AvgIpc) is 2.06. The molecule has 0 aliphatic rings. The molecule has 0 unspecified atom stereocenters. The van der Waals surface area contributed by atoms with Crippen LogP contribution in [0.1, 0.15) is 24.5 Å². The Balaban J connectivity index is 2.70. The minimum absolute atomic E-state index is 0.162. The fourth-order valence-corrected chi connectivity index (χ4v) is 1.29. The Kier molecular flexibility index (Phi) is 3.43. The van der Waals surface area contributed by atoms with Gasteiger partial charge >= 0.3 is 0 Å². The summed E-state index contributed by atoms with van der Waals surface area (Å²) in [4.78, 5) is 0. The summed E-state index contributed by atoms with van der Waals surface area (Å²) in [5, 5.41) is 0. The van der Waals surface area contributed by atoms with Gasteiger partial charge in [-0.3, -0.25) is 0 Å². The van der Waals surface area contributed by atoms with Crippen LogP contribution in [0.25, 0.3) is 0 Å². The van der Waals surface area contributed by atoms with E-state index in [0.717, 1.165) is 24.0 Å². The van der Waals surface area contributed by atoms with Crippen LogP contribution in [0, 0.1) is 12.7 Å². The van der Waals surface area contributed by atoms with Gasteiger partial charge in [-0.05, 0) is 49.9 Å². The summed E-state index contributed by atoms with van der Waals surface area (Å²) in [6, 6.07) is 5.08. The molecular weight excluding hydrogens is 165 g/mol. The largest absolute Gasteiger partial charge is 0.328 e. The molecule has 1 nitrogen and oxygen atoms in total. The van der Waals surface area contributed by atoms with Crippen molar-refractivity contribution in [2.24, 2.45) is 5.73 Å². The van der Waals surface area contributed by atoms with Crippen molar-refractivity contribution in [2.75, 3.05) is 0 Å². The predicted molar refractivity (Wildman–Crippen MR) is 53.1 cm³/mol. The van der Waals surface area contributed by atoms with Crippen LogP contribution in [-0.2, 0) is 6.42 Å². The molecule has 0 fully saturated rings. The zero-order chi connectivity index (χ0) is 9.84. The molecule has 0 saturated carbocycles. The first-order chi connectivity index (χ1) is 6.09. The smallest absolute Gasteiger partial charge is 0.123 e. The second kappa shape index (κ2) is 4.38. The molecule has 1 atom stereocenters. The predicted octanol–water partition coefficient (Wildman–Crippen LogP) is 2.41. The maximum absolute atomic E-state index is 12.8. The average molecular weight is 181 g/mol. The quantitative estimate of drug-likeness (QED) is 0.761. The summed E-state index contributed by atoms with van der Waals surface area (Å²) < 4.78 is 12.8. The molecule has 0 radical (unpaired) electrons. The van der Waals surface area contributed by atoms with Gasteiger partial charge in [-0.1, -0.05) is 6.07 Å². The van der Waals surface area contributed by atoms with Gasteiger partial charge in [-0.15, -0.1) is 0 Å². The van der Waals surface area contributed by atoms with Crippen LogP contribution < -0.4 is 5.73 Å². The molecule has 13 heavy (non-hydrogen) atoms. The number of aryl methyl sites for hydroxylation is 2. The van der Waals surface area contributed by atoms with Gasteiger partial charge < -0.3 is 5.73 Å². The standard InChI is InChI=1S/C11H16FN/c1-8-3-6-11(12)7-10(8)5-4-9(2)13/h3,6-7,9H,4-5,13H2,1-2H3/t9-/m1/s1. The van der Waals surface area contributed by atoms with E-state index in [1.54, 1.807) is 6.07 Å². The fraction of sp³-hybridized carbons (Fsp3) is 0.455. The normalized spacial score (nSPS) is 12.9. The lowest BCUT2D eigenvalue weighted by molar-refractivity contribution is 0.618. The number of rotatable bonds is 3. The zero-order valence-corrected chi connectivity index (χ0v) is 8.18. The molecule has 2 N–H and O–H groups in total. The summed E-state index contributed by atoms with van der Waals surface area (Å²) in [7, 11) is 0. The molecule has 0 heterocycles. The summed E-state index contributed by atoms with van der Waals surface area (Å²) in [5.41, 5.74) is 7.84. The van der Waals surface area contributed by atoms with Gasteiger partial charge in [-0.2, -0.15) is 0 Å². The maximum Gasteiger partial charge on any atom is 0.123 e. The topological polar surface area (TPSA) is 26.0 Å². The van der Waals surface area contributed by atoms with Crippen LogP contribution >= 0.6 is 0 Å². The van der Waals surface area contributed by atoms with Crippen molar-refractivity contribution < 1.29 is 4.39 Å². The van der Waals surface area contributed by atoms with Gasteiger partial charge in [0.1, 0.15) is 5.82 Å². The number of hydrogen-bond donors (Lipinski definition) is 1. The van der Waals surface area contributed by atoms with Crippen LogP contribution in [0.3, 0.4) is 0 Å². The van der Waals surface area contributed by atoms with Crippen LogP contribution in [0.15, 0.2) is 18.2 Å². The van der Waals surface area contributed by atoms with E-state index in [9.17, 15) is 4.39 Å². The van der Waals surface area contributed by atoms with Crippen LogP contribution in [0.5, 0.6) is 0 Å². The van der Waals surface area contributed by atoms with E-state index >= 15 is 0 Å². The number of nitrogens with two attached hydrogens (primary N) is 1. The van der Waals surface area contributed by atoms with E-state index in [1.807, 2.05) is 19.9 Å². The fourth-order valence-electron chi connectivity index (χ4n) is 1.29. The molecule has 0 aliphatic carbocycles. The Labute approximate surface area is 78.8 Å². The van der Waals surface area contributed by atoms with E-state index in [4.69, 9.17) is 5.73 Å². The SMILES string of the molecule is Cc1ccc(F)cc1CC[C@@H](C)N. The first-order valence-corrected chi connectivity index (χ1v) is 4.60. The van der Waals surface area contributed by atoms with Gasteiger partial charge in [0.15, 0.2) is 0 Å². The van der Waals surface area contributed by atoms with E-state index in [1.165, 1.54) is 6.07 Å². The number of benzene rings is 1. The van der Waals surface area contributed by atoms with Crippen molar-refractivity contribution >= 4 is 0 Å². The first-order valence-electron chi connectivity index (χ1n) is 4.60. The van der Waals surface area contributed by atoms with Crippen molar-refractivity contribution in [1.29, 1.82) is 0 Å². The summed E-state index contributed by atoms with van der Waals surface area (Å²) in [6.07, 6.45) is 1.77. The molecular formula is C11H16FN. The summed E-state index contributed by atoms with van der Waals surface area (Å²) in [5.74, 6) is -0.162. The van der Waals surface area contributed by atoms with Crippen molar-refractivity contribution in [3.63, 3.8) is 0 Å². The highest BCUT2D eigenvalue weighted by molar-refractivity contribution is 5.26. The van der Waals surface area contributed by atoms with E-state index in [2.05, 4.69) is 0 Å². The lowest BCUT2D eigenvalue weighted by Crippen LogP contribution is -2.15. The van der Waals surface area contributed by atoms with E-state index in [-0.39, 0.29) is 11.9 Å². The van der Waals surface area contributed by atoms with Crippen molar-refractivity contribution in [3.05, 3.63) is 35.1 Å². The van der Waals surface area contributed by atoms with Gasteiger partial charge in [0.2, 0.25) is 0 Å². The zero-order valence-electron chi connectivity index (χ0n) is 8.18. The third-order valence-corrected chi connectivity index (χ3v) is 2.18. The summed E-state index contributed by atoms with van der Waals surface area (Å²) in [6.45, 7) is 3.96. The second-order valence-electron chi connectivity index (χ2n) is 3.59. The van der Waals surface area contributed by atoms with E-state index < -0.39 is 0 Å². The highest BCUT2D eigenvalue weighted by Gasteiger charge is 2.01. The third kappa shape index (κ3) is 3.15. The number of hydrogen-bond acceptors (Lipinski definition) is 1. The molecule has 1 aromatic rings. The van der Waals surface area contributed by atoms with Crippen molar-refractivity contribution in [1.82, 2.24) is 0 Å². The molecule has 0 saturated heterocycles. The number of halogens is 1. The van der Waals surface area contributed by atoms with Gasteiger partial charge in [0.25, 0.3) is 0 Å². The Hall–Kier alpha value is -0.890. The lowest BCUT2D eigenvalue weighted by Gasteiger charge is -2.07. The Morgan fingerprint density at radius 1 is 1.46 bits per heavy atom. The van der Waals surface area contributed by atoms with Crippen LogP contribution in [0.4, 0.5) is 4.39 Å². The van der Waals surface area contributed by atoms with Gasteiger partial charge in [-0.25, -0.2) is 4.39 Å². The minimum atomic E-state index is -0.162. The molecule has 0 bridgehead atoms. The minimum Gasteiger partial charge on any atom is -0.328 e. The molecule has 0 aromatic heterocycles. The molecule has 0 amide bonds. The van der Waals surface area contributed by atoms with E-state index in [0.29, 0.717) is 0 Å². The molecule has 0 aliphatic heterocycles. The molecule has 72 valence electrons. The maximum atomic E-state index is 12.8. The lowest BCUT2D eigenvalue weighted by atomic mass is 10.0. The molecule has 1 rings (SSSR count). The van der Waals surface area contributed by atoms with Crippen LogP contribution in [-0.4, -0.2) is 6.04 Å². The Morgan fingerprint density at radius 2 is 2.15 bits per heavy atom. The summed E-state index contributed by atoms with van der Waals surface area (Å²) >= 11 is 0. The molecule has 0 spiro atoms. The monoisotopic (exact) mass is 181 g/mol. The highest BCUT2D eigenvalue weighted by atomic mass is 19.1. The van der Waals surface area contributed by atoms with Crippen molar-refractivity contribution in [2.45, 2.75) is 32.7 Å². The highest BCUT2D eigenvalue weighted by Crippen LogP contribution is 2.12. The van der Waals surface area contributed by atoms with Crippen molar-refractivity contribution in [3.8, 4) is 0 Å². The van der Waals surface area contributed by atoms with Gasteiger partial charge in [0, 0.05) is 6.04 Å². The molecule has 1 aromatic carbocycles. The Bertz CT molecular complexity index is 281. The third-order valence-electron chi connectivity index (χ3n) is 2.18. The second-order valence-corrected chi connectivity index (χ2v) is 3.59. The van der Waals surface area contributed by atoms with Gasteiger partial charge in [0.05, 0.1) is 0 Å². The Morgan fingerprint density at radius 3 is 2.77 bits per heavy atom. The van der Waals surface area contributed by atoms with Crippen LogP contribution in [0.2, 0.25) is 0 Å².